The monoisotopic (exact) mass is 585 g/mol. The van der Waals surface area contributed by atoms with Gasteiger partial charge in [0.25, 0.3) is 0 Å². The third-order valence-electron chi connectivity index (χ3n) is 7.86. The molecule has 212 valence electrons. The van der Waals surface area contributed by atoms with E-state index < -0.39 is 17.9 Å². The molecule has 0 radical (unpaired) electrons. The molecule has 2 fully saturated rings. The highest BCUT2D eigenvalue weighted by molar-refractivity contribution is 6.36. The minimum atomic E-state index is -4.59. The van der Waals surface area contributed by atoms with Gasteiger partial charge in [-0.1, -0.05) is 17.7 Å². The van der Waals surface area contributed by atoms with Crippen LogP contribution in [0.1, 0.15) is 31.5 Å². The highest BCUT2D eigenvalue weighted by atomic mass is 35.5. The molecule has 2 aliphatic rings. The van der Waals surface area contributed by atoms with Crippen molar-refractivity contribution in [3.63, 3.8) is 0 Å². The Kier molecular flexibility index (Phi) is 5.52. The first-order valence-corrected chi connectivity index (χ1v) is 13.2. The fourth-order valence-corrected chi connectivity index (χ4v) is 6.12. The van der Waals surface area contributed by atoms with Gasteiger partial charge in [0.05, 0.1) is 18.4 Å². The van der Waals surface area contributed by atoms with Crippen molar-refractivity contribution >= 4 is 46.0 Å². The van der Waals surface area contributed by atoms with E-state index in [4.69, 9.17) is 16.3 Å². The summed E-state index contributed by atoms with van der Waals surface area (Å²) in [6.07, 6.45) is 1.25. The summed E-state index contributed by atoms with van der Waals surface area (Å²) in [5, 5.41) is 11.6. The van der Waals surface area contributed by atoms with E-state index in [-0.39, 0.29) is 39.5 Å². The third-order valence-corrected chi connectivity index (χ3v) is 8.23. The van der Waals surface area contributed by atoms with E-state index in [2.05, 4.69) is 25.5 Å². The Bertz CT molecular complexity index is 1830. The zero-order chi connectivity index (χ0) is 28.7. The molecule has 1 saturated heterocycles. The molecule has 41 heavy (non-hydrogen) atoms. The van der Waals surface area contributed by atoms with Crippen molar-refractivity contribution in [1.82, 2.24) is 38.8 Å². The molecule has 0 atom stereocenters. The van der Waals surface area contributed by atoms with Gasteiger partial charge in [-0.2, -0.15) is 28.4 Å². The average Bonchev–Trinajstić information content (AvgIpc) is 3.56. The molecule has 5 aromatic rings. The number of alkyl halides is 3. The number of fused-ring (bicyclic) bond motifs is 2. The summed E-state index contributed by atoms with van der Waals surface area (Å²) in [6.45, 7) is 2.64. The van der Waals surface area contributed by atoms with Crippen LogP contribution in [0, 0.1) is 5.41 Å². The highest BCUT2D eigenvalue weighted by Crippen LogP contribution is 2.55. The van der Waals surface area contributed by atoms with E-state index in [0.717, 1.165) is 16.3 Å². The molecule has 0 unspecified atom stereocenters. The Labute approximate surface area is 235 Å². The first kappa shape index (κ1) is 25.6. The summed E-state index contributed by atoms with van der Waals surface area (Å²) in [5.41, 5.74) is 0.477. The Hall–Kier alpha value is -4.33. The summed E-state index contributed by atoms with van der Waals surface area (Å²) >= 11 is 6.69. The molecule has 1 amide bonds. The van der Waals surface area contributed by atoms with Crippen molar-refractivity contribution in [2.45, 2.75) is 32.0 Å². The molecular weight excluding hydrogens is 563 g/mol. The third kappa shape index (κ3) is 4.15. The number of aromatic nitrogens is 7. The number of amides is 1. The summed E-state index contributed by atoms with van der Waals surface area (Å²) in [5.74, 6) is 0.936. The highest BCUT2D eigenvalue weighted by Gasteiger charge is 2.55. The second-order valence-electron chi connectivity index (χ2n) is 10.7. The minimum absolute atomic E-state index is 0.00500. The van der Waals surface area contributed by atoms with Crippen molar-refractivity contribution in [1.29, 1.82) is 0 Å². The van der Waals surface area contributed by atoms with Crippen LogP contribution in [-0.4, -0.2) is 57.8 Å². The van der Waals surface area contributed by atoms with Gasteiger partial charge in [0, 0.05) is 44.7 Å². The van der Waals surface area contributed by atoms with E-state index in [0.29, 0.717) is 37.2 Å². The maximum absolute atomic E-state index is 14.0. The van der Waals surface area contributed by atoms with Crippen LogP contribution in [0.2, 0.25) is 5.02 Å². The van der Waals surface area contributed by atoms with Crippen LogP contribution in [-0.2, 0) is 18.0 Å². The number of anilines is 2. The Morgan fingerprint density at radius 1 is 1.20 bits per heavy atom. The van der Waals surface area contributed by atoms with Gasteiger partial charge in [0.1, 0.15) is 21.7 Å². The SMILES string of the molecule is CC(=O)N1CC2(CC(n3nc(Nc4nc5ncc(Oc6cnn7ccccc67)c(Cl)c5n4C)cc3C(F)(F)F)C2)C1. The summed E-state index contributed by atoms with van der Waals surface area (Å²) in [6, 6.07) is 6.11. The number of carbonyl (C=O) groups is 1. The summed E-state index contributed by atoms with van der Waals surface area (Å²) in [7, 11) is 1.67. The number of nitrogens with zero attached hydrogens (tertiary/aromatic N) is 8. The molecule has 5 aromatic heterocycles. The Balaban J connectivity index is 1.15. The number of ether oxygens (including phenoxy) is 1. The second-order valence-corrected chi connectivity index (χ2v) is 11.0. The van der Waals surface area contributed by atoms with Crippen LogP contribution >= 0.6 is 11.6 Å². The molecular formula is C26H23ClF3N9O2. The molecule has 1 saturated carbocycles. The van der Waals surface area contributed by atoms with Crippen molar-refractivity contribution < 1.29 is 22.7 Å². The molecule has 1 aliphatic heterocycles. The molecule has 7 rings (SSSR count). The lowest BCUT2D eigenvalue weighted by Gasteiger charge is -2.58. The van der Waals surface area contributed by atoms with Crippen LogP contribution in [0.3, 0.4) is 0 Å². The van der Waals surface area contributed by atoms with Crippen LogP contribution in [0.4, 0.5) is 24.9 Å². The van der Waals surface area contributed by atoms with Gasteiger partial charge in [-0.05, 0) is 25.0 Å². The number of nitrogens with one attached hydrogen (secondary N) is 1. The standard InChI is InChI=1S/C26H23ClF3N9O2/c1-14(40)37-12-25(13-37)8-15(9-25)39-19(26(28,29)30)7-20(35-39)33-24-34-23-22(36(24)2)21(27)18(10-31-23)41-17-11-32-38-6-4-3-5-16(17)38/h3-7,10-11,15H,8-9,12-13H2,1-2H3,(H,31,33,34,35). The first-order chi connectivity index (χ1) is 19.5. The van der Waals surface area contributed by atoms with Crippen molar-refractivity contribution in [3.8, 4) is 11.5 Å². The Morgan fingerprint density at radius 2 is 1.98 bits per heavy atom. The van der Waals surface area contributed by atoms with E-state index in [1.807, 2.05) is 18.2 Å². The molecule has 11 nitrogen and oxygen atoms in total. The molecule has 0 bridgehead atoms. The van der Waals surface area contributed by atoms with Crippen LogP contribution in [0.15, 0.2) is 42.9 Å². The van der Waals surface area contributed by atoms with E-state index in [9.17, 15) is 18.0 Å². The molecule has 15 heteroatoms. The van der Waals surface area contributed by atoms with Crippen LogP contribution in [0.25, 0.3) is 16.7 Å². The fourth-order valence-electron chi connectivity index (χ4n) is 5.82. The maximum Gasteiger partial charge on any atom is 0.433 e. The zero-order valence-corrected chi connectivity index (χ0v) is 22.6. The number of hydrogen-bond donors (Lipinski definition) is 1. The quantitative estimate of drug-likeness (QED) is 0.302. The lowest BCUT2D eigenvalue weighted by Crippen LogP contribution is -2.63. The summed E-state index contributed by atoms with van der Waals surface area (Å²) in [4.78, 5) is 22.0. The van der Waals surface area contributed by atoms with Gasteiger partial charge in [-0.3, -0.25) is 9.48 Å². The number of pyridine rings is 2. The van der Waals surface area contributed by atoms with Gasteiger partial charge in [0.15, 0.2) is 23.0 Å². The lowest BCUT2D eigenvalue weighted by molar-refractivity contribution is -0.158. The molecule has 0 aromatic carbocycles. The minimum Gasteiger partial charge on any atom is -0.450 e. The second kappa shape index (κ2) is 8.83. The molecule has 1 N–H and O–H groups in total. The summed E-state index contributed by atoms with van der Waals surface area (Å²) < 4.78 is 52.2. The first-order valence-electron chi connectivity index (χ1n) is 12.8. The maximum atomic E-state index is 14.0. The molecule has 1 aliphatic carbocycles. The predicted octanol–water partition coefficient (Wildman–Crippen LogP) is 5.20. The number of likely N-dealkylation sites (tertiary alicyclic amines) is 1. The molecule has 6 heterocycles. The van der Waals surface area contributed by atoms with Gasteiger partial charge >= 0.3 is 6.18 Å². The smallest absolute Gasteiger partial charge is 0.433 e. The van der Waals surface area contributed by atoms with Gasteiger partial charge in [0.2, 0.25) is 11.9 Å². The predicted molar refractivity (Wildman–Crippen MR) is 142 cm³/mol. The van der Waals surface area contributed by atoms with Gasteiger partial charge in [-0.25, -0.2) is 9.50 Å². The number of imidazole rings is 1. The van der Waals surface area contributed by atoms with E-state index in [1.165, 1.54) is 13.1 Å². The molecule has 1 spiro atoms. The Morgan fingerprint density at radius 3 is 2.71 bits per heavy atom. The number of halogens is 4. The number of rotatable bonds is 5. The van der Waals surface area contributed by atoms with Gasteiger partial charge < -0.3 is 19.5 Å². The van der Waals surface area contributed by atoms with E-state index >= 15 is 0 Å². The van der Waals surface area contributed by atoms with Crippen molar-refractivity contribution in [3.05, 3.63) is 53.6 Å². The van der Waals surface area contributed by atoms with E-state index in [1.54, 1.807) is 33.4 Å². The average molecular weight is 586 g/mol. The topological polar surface area (TPSA) is 107 Å². The largest absolute Gasteiger partial charge is 0.450 e. The van der Waals surface area contributed by atoms with Crippen LogP contribution in [0.5, 0.6) is 11.5 Å². The number of aryl methyl sites for hydroxylation is 1. The van der Waals surface area contributed by atoms with Gasteiger partial charge in [-0.15, -0.1) is 0 Å². The van der Waals surface area contributed by atoms with Crippen molar-refractivity contribution in [2.75, 3.05) is 18.4 Å². The number of hydrogen-bond acceptors (Lipinski definition) is 7. The normalized spacial score (nSPS) is 16.8. The zero-order valence-electron chi connectivity index (χ0n) is 21.9. The fraction of sp³-hybridized carbons (Fsp3) is 0.346. The number of carbonyl (C=O) groups excluding carboxylic acids is 1. The van der Waals surface area contributed by atoms with Crippen molar-refractivity contribution in [2.24, 2.45) is 12.5 Å². The lowest BCUT2D eigenvalue weighted by atomic mass is 9.60. The van der Waals surface area contributed by atoms with Crippen LogP contribution < -0.4 is 10.1 Å².